The summed E-state index contributed by atoms with van der Waals surface area (Å²) in [5, 5.41) is 10.1. The van der Waals surface area contributed by atoms with E-state index in [9.17, 15) is 0 Å². The highest BCUT2D eigenvalue weighted by Gasteiger charge is 2.37. The smallest absolute Gasteiger partial charge is 0.129 e. The summed E-state index contributed by atoms with van der Waals surface area (Å²) in [6.45, 7) is 3.58. The Morgan fingerprint density at radius 2 is 1.88 bits per heavy atom. The third-order valence-corrected chi connectivity index (χ3v) is 7.65. The molecule has 0 saturated carbocycles. The van der Waals surface area contributed by atoms with Crippen molar-refractivity contribution >= 4 is 33.5 Å². The van der Waals surface area contributed by atoms with E-state index in [1.807, 2.05) is 37.1 Å². The molecule has 5 aromatic rings. The maximum atomic E-state index is 6.37. The number of hydrogen-bond donors (Lipinski definition) is 0. The van der Waals surface area contributed by atoms with Crippen LogP contribution < -0.4 is 0 Å². The van der Waals surface area contributed by atoms with Crippen molar-refractivity contribution in [1.82, 2.24) is 29.5 Å². The SMILES string of the molecule is Cc1nnn(C)c1-c1cnc2c3cc(Cl)ncc3n3c2c1-c1ccccc1[C@@H]3C1CCOCC1. The van der Waals surface area contributed by atoms with Gasteiger partial charge in [0.1, 0.15) is 5.15 Å². The van der Waals surface area contributed by atoms with Crippen molar-refractivity contribution in [3.05, 3.63) is 59.1 Å². The molecule has 0 N–H and O–H groups in total. The van der Waals surface area contributed by atoms with Crippen LogP contribution in [0.2, 0.25) is 5.15 Å². The number of ether oxygens (including phenoxy) is 1. The van der Waals surface area contributed by atoms with Crippen molar-refractivity contribution < 1.29 is 4.74 Å². The maximum Gasteiger partial charge on any atom is 0.129 e. The quantitative estimate of drug-likeness (QED) is 0.326. The first kappa shape index (κ1) is 20.1. The largest absolute Gasteiger partial charge is 0.381 e. The van der Waals surface area contributed by atoms with E-state index in [-0.39, 0.29) is 6.04 Å². The number of pyridine rings is 2. The molecule has 0 unspecified atom stereocenters. The molecule has 7 rings (SSSR count). The Kier molecular flexibility index (Phi) is 4.35. The Morgan fingerprint density at radius 3 is 2.68 bits per heavy atom. The van der Waals surface area contributed by atoms with Crippen LogP contribution in [-0.2, 0) is 11.8 Å². The van der Waals surface area contributed by atoms with E-state index in [2.05, 4.69) is 44.1 Å². The van der Waals surface area contributed by atoms with Gasteiger partial charge in [0.05, 0.1) is 40.2 Å². The summed E-state index contributed by atoms with van der Waals surface area (Å²) in [5.41, 5.74) is 9.81. The number of halogens is 1. The lowest BCUT2D eigenvalue weighted by atomic mass is 9.80. The number of rotatable bonds is 2. The van der Waals surface area contributed by atoms with E-state index in [0.29, 0.717) is 11.1 Å². The van der Waals surface area contributed by atoms with Crippen LogP contribution in [0.4, 0.5) is 0 Å². The summed E-state index contributed by atoms with van der Waals surface area (Å²) < 4.78 is 10.0. The highest BCUT2D eigenvalue weighted by molar-refractivity contribution is 6.30. The molecule has 4 aromatic heterocycles. The molecule has 1 aromatic carbocycles. The van der Waals surface area contributed by atoms with Gasteiger partial charge in [0.25, 0.3) is 0 Å². The van der Waals surface area contributed by atoms with E-state index in [1.165, 1.54) is 16.7 Å². The van der Waals surface area contributed by atoms with E-state index in [4.69, 9.17) is 21.3 Å². The van der Waals surface area contributed by atoms with Crippen LogP contribution in [0.15, 0.2) is 42.7 Å². The van der Waals surface area contributed by atoms with Gasteiger partial charge < -0.3 is 9.30 Å². The first-order valence-electron chi connectivity index (χ1n) is 11.7. The zero-order valence-corrected chi connectivity index (χ0v) is 19.8. The Balaban J connectivity index is 1.67. The molecule has 2 aliphatic heterocycles. The molecular formula is C26H23ClN6O. The maximum absolute atomic E-state index is 6.37. The molecule has 0 radical (unpaired) electrons. The monoisotopic (exact) mass is 470 g/mol. The van der Waals surface area contributed by atoms with Crippen LogP contribution in [0.3, 0.4) is 0 Å². The standard InChI is InChI=1S/C26H23ClN6O/c1-14-24(32(2)31-30-14)19-12-29-23-18-11-21(27)28-13-20(18)33-25(15-7-9-34-10-8-15)17-6-4-3-5-16(17)22(19)26(23)33/h3-6,11-13,15,25H,7-10H2,1-2H3/t25-/m0/s1. The molecule has 0 aliphatic carbocycles. The third kappa shape index (κ3) is 2.68. The van der Waals surface area contributed by atoms with Crippen molar-refractivity contribution in [3.63, 3.8) is 0 Å². The molecular weight excluding hydrogens is 448 g/mol. The molecule has 6 heterocycles. The molecule has 0 bridgehead atoms. The molecule has 0 spiro atoms. The molecule has 170 valence electrons. The second-order valence-corrected chi connectivity index (χ2v) is 9.65. The summed E-state index contributed by atoms with van der Waals surface area (Å²) in [4.78, 5) is 9.47. The third-order valence-electron chi connectivity index (χ3n) is 7.45. The molecule has 1 fully saturated rings. The van der Waals surface area contributed by atoms with E-state index >= 15 is 0 Å². The number of benzene rings is 1. The van der Waals surface area contributed by atoms with Crippen LogP contribution in [-0.4, -0.2) is 42.7 Å². The second kappa shape index (κ2) is 7.35. The molecule has 1 saturated heterocycles. The minimum atomic E-state index is 0.179. The van der Waals surface area contributed by atoms with Crippen molar-refractivity contribution in [2.75, 3.05) is 13.2 Å². The molecule has 0 amide bonds. The highest BCUT2D eigenvalue weighted by atomic mass is 35.5. The van der Waals surface area contributed by atoms with Gasteiger partial charge in [-0.15, -0.1) is 5.10 Å². The molecule has 7 nitrogen and oxygen atoms in total. The first-order chi connectivity index (χ1) is 16.6. The zero-order valence-electron chi connectivity index (χ0n) is 19.0. The van der Waals surface area contributed by atoms with Crippen LogP contribution in [0.5, 0.6) is 0 Å². The van der Waals surface area contributed by atoms with Gasteiger partial charge in [-0.1, -0.05) is 41.1 Å². The predicted octanol–water partition coefficient (Wildman–Crippen LogP) is 5.34. The Hall–Kier alpha value is -3.29. The van der Waals surface area contributed by atoms with E-state index < -0.39 is 0 Å². The predicted molar refractivity (Wildman–Crippen MR) is 132 cm³/mol. The van der Waals surface area contributed by atoms with Crippen molar-refractivity contribution in [2.24, 2.45) is 13.0 Å². The molecule has 2 aliphatic rings. The number of nitrogens with zero attached hydrogens (tertiary/aromatic N) is 6. The lowest BCUT2D eigenvalue weighted by molar-refractivity contribution is 0.0552. The van der Waals surface area contributed by atoms with Gasteiger partial charge in [-0.3, -0.25) is 4.98 Å². The van der Waals surface area contributed by atoms with Gasteiger partial charge in [0.15, 0.2) is 0 Å². The summed E-state index contributed by atoms with van der Waals surface area (Å²) >= 11 is 6.37. The minimum absolute atomic E-state index is 0.179. The first-order valence-corrected chi connectivity index (χ1v) is 12.0. The topological polar surface area (TPSA) is 70.7 Å². The number of fused-ring (bicyclic) bond motifs is 5. The van der Waals surface area contributed by atoms with Gasteiger partial charge in [0.2, 0.25) is 0 Å². The van der Waals surface area contributed by atoms with Crippen molar-refractivity contribution in [1.29, 1.82) is 0 Å². The Labute approximate surface area is 201 Å². The number of hydrogen-bond acceptors (Lipinski definition) is 5. The van der Waals surface area contributed by atoms with Gasteiger partial charge in [-0.2, -0.15) is 0 Å². The van der Waals surface area contributed by atoms with E-state index in [0.717, 1.165) is 64.9 Å². The summed E-state index contributed by atoms with van der Waals surface area (Å²) in [7, 11) is 1.94. The van der Waals surface area contributed by atoms with Crippen LogP contribution in [0.1, 0.15) is 30.1 Å². The zero-order chi connectivity index (χ0) is 23.0. The van der Waals surface area contributed by atoms with E-state index in [1.54, 1.807) is 0 Å². The summed E-state index contributed by atoms with van der Waals surface area (Å²) in [5.74, 6) is 0.460. The van der Waals surface area contributed by atoms with Crippen LogP contribution in [0.25, 0.3) is 44.3 Å². The number of aromatic nitrogens is 6. The summed E-state index contributed by atoms with van der Waals surface area (Å²) in [6, 6.07) is 10.9. The average Bonchev–Trinajstić information content (AvgIpc) is 3.37. The summed E-state index contributed by atoms with van der Waals surface area (Å²) in [6.07, 6.45) is 5.91. The minimum Gasteiger partial charge on any atom is -0.381 e. The fraction of sp³-hybridized carbons (Fsp3) is 0.308. The fourth-order valence-electron chi connectivity index (χ4n) is 6.05. The molecule has 1 atom stereocenters. The Morgan fingerprint density at radius 1 is 1.06 bits per heavy atom. The van der Waals surface area contributed by atoms with Gasteiger partial charge in [-0.05, 0) is 42.9 Å². The fourth-order valence-corrected chi connectivity index (χ4v) is 6.20. The Bertz CT molecular complexity index is 1580. The van der Waals surface area contributed by atoms with Crippen LogP contribution in [0, 0.1) is 12.8 Å². The van der Waals surface area contributed by atoms with Gasteiger partial charge in [0, 0.05) is 43.0 Å². The average molecular weight is 471 g/mol. The lowest BCUT2D eigenvalue weighted by Gasteiger charge is -2.37. The molecule has 8 heteroatoms. The van der Waals surface area contributed by atoms with Crippen molar-refractivity contribution in [3.8, 4) is 22.4 Å². The van der Waals surface area contributed by atoms with Crippen molar-refractivity contribution in [2.45, 2.75) is 25.8 Å². The normalized spacial score (nSPS) is 18.0. The highest BCUT2D eigenvalue weighted by Crippen LogP contribution is 2.51. The molecule has 34 heavy (non-hydrogen) atoms. The van der Waals surface area contributed by atoms with Gasteiger partial charge in [-0.25, -0.2) is 9.67 Å². The lowest BCUT2D eigenvalue weighted by Crippen LogP contribution is -2.29. The van der Waals surface area contributed by atoms with Gasteiger partial charge >= 0.3 is 0 Å². The second-order valence-electron chi connectivity index (χ2n) is 9.27. The van der Waals surface area contributed by atoms with Crippen LogP contribution >= 0.6 is 11.6 Å². The number of aryl methyl sites for hydroxylation is 2.